The maximum absolute atomic E-state index is 5.49. The fourth-order valence-electron chi connectivity index (χ4n) is 3.10. The third-order valence-electron chi connectivity index (χ3n) is 4.57. The van der Waals surface area contributed by atoms with Gasteiger partial charge < -0.3 is 9.64 Å². The second kappa shape index (κ2) is 10.6. The summed E-state index contributed by atoms with van der Waals surface area (Å²) in [6.07, 6.45) is 3.37. The highest BCUT2D eigenvalue weighted by Crippen LogP contribution is 2.14. The number of aromatic nitrogens is 4. The van der Waals surface area contributed by atoms with Gasteiger partial charge >= 0.3 is 0 Å². The van der Waals surface area contributed by atoms with Gasteiger partial charge in [0.15, 0.2) is 0 Å². The van der Waals surface area contributed by atoms with Crippen LogP contribution in [0.25, 0.3) is 11.4 Å². The van der Waals surface area contributed by atoms with E-state index in [-0.39, 0.29) is 0 Å². The summed E-state index contributed by atoms with van der Waals surface area (Å²) >= 11 is 0. The van der Waals surface area contributed by atoms with Crippen molar-refractivity contribution in [2.75, 3.05) is 20.2 Å². The van der Waals surface area contributed by atoms with Gasteiger partial charge in [-0.15, -0.1) is 10.2 Å². The van der Waals surface area contributed by atoms with Crippen LogP contribution in [0.2, 0.25) is 0 Å². The van der Waals surface area contributed by atoms with Crippen molar-refractivity contribution < 1.29 is 4.74 Å². The Kier molecular flexibility index (Phi) is 7.55. The molecule has 0 atom stereocenters. The van der Waals surface area contributed by atoms with Crippen molar-refractivity contribution in [2.24, 2.45) is 0 Å². The Bertz CT molecular complexity index is 816. The van der Waals surface area contributed by atoms with Crippen molar-refractivity contribution in [3.63, 3.8) is 0 Å². The number of unbranched alkanes of at least 4 members (excludes halogenated alkanes) is 2. The highest BCUT2D eigenvalue weighted by atomic mass is 16.5. The number of ether oxygens (including phenoxy) is 1. The summed E-state index contributed by atoms with van der Waals surface area (Å²) in [5.41, 5.74) is 2.32. The molecule has 0 amide bonds. The van der Waals surface area contributed by atoms with Crippen LogP contribution in [0.3, 0.4) is 0 Å². The number of aryl methyl sites for hydroxylation is 1. The predicted octanol–water partition coefficient (Wildman–Crippen LogP) is 4.04. The van der Waals surface area contributed by atoms with E-state index < -0.39 is 0 Å². The van der Waals surface area contributed by atoms with Crippen molar-refractivity contribution in [1.82, 2.24) is 25.1 Å². The Labute approximate surface area is 167 Å². The van der Waals surface area contributed by atoms with Crippen LogP contribution in [0.1, 0.15) is 31.7 Å². The normalized spacial score (nSPS) is 11.1. The standard InChI is InChI=1S/C22H29N5O/c1-3-28-21-14-12-19(13-15-21)18-26(2)16-8-5-9-17-27-24-22(23-25-27)20-10-6-4-7-11-20/h4,6-7,10-15H,3,5,8-9,16-18H2,1-2H3. The lowest BCUT2D eigenvalue weighted by Crippen LogP contribution is -2.19. The summed E-state index contributed by atoms with van der Waals surface area (Å²) in [4.78, 5) is 4.06. The van der Waals surface area contributed by atoms with Crippen LogP contribution in [0.15, 0.2) is 54.6 Å². The SMILES string of the molecule is CCOc1ccc(CN(C)CCCCCn2nnc(-c3ccccc3)n2)cc1. The van der Waals surface area contributed by atoms with Crippen LogP contribution in [0, 0.1) is 0 Å². The van der Waals surface area contributed by atoms with Crippen molar-refractivity contribution in [3.05, 3.63) is 60.2 Å². The van der Waals surface area contributed by atoms with Gasteiger partial charge in [0.25, 0.3) is 0 Å². The third-order valence-corrected chi connectivity index (χ3v) is 4.57. The first-order chi connectivity index (χ1) is 13.7. The van der Waals surface area contributed by atoms with Gasteiger partial charge in [-0.2, -0.15) is 4.80 Å². The number of nitrogens with zero attached hydrogens (tertiary/aromatic N) is 5. The fourth-order valence-corrected chi connectivity index (χ4v) is 3.10. The molecular weight excluding hydrogens is 350 g/mol. The molecule has 148 valence electrons. The van der Waals surface area contributed by atoms with Crippen LogP contribution >= 0.6 is 0 Å². The van der Waals surface area contributed by atoms with E-state index in [2.05, 4.69) is 39.5 Å². The van der Waals surface area contributed by atoms with E-state index in [0.29, 0.717) is 12.4 Å². The third kappa shape index (κ3) is 6.16. The highest BCUT2D eigenvalue weighted by Gasteiger charge is 2.05. The molecule has 6 nitrogen and oxygen atoms in total. The molecule has 0 aliphatic rings. The Morgan fingerprint density at radius 1 is 0.964 bits per heavy atom. The lowest BCUT2D eigenvalue weighted by molar-refractivity contribution is 0.313. The smallest absolute Gasteiger partial charge is 0.204 e. The van der Waals surface area contributed by atoms with Crippen molar-refractivity contribution >= 4 is 0 Å². The first-order valence-corrected chi connectivity index (χ1v) is 9.98. The van der Waals surface area contributed by atoms with Crippen LogP contribution in [0.5, 0.6) is 5.75 Å². The van der Waals surface area contributed by atoms with E-state index in [1.165, 1.54) is 5.56 Å². The molecule has 0 spiro atoms. The average Bonchev–Trinajstić information content (AvgIpc) is 3.19. The van der Waals surface area contributed by atoms with Gasteiger partial charge in [-0.3, -0.25) is 0 Å². The van der Waals surface area contributed by atoms with Gasteiger partial charge in [-0.05, 0) is 56.3 Å². The summed E-state index contributed by atoms with van der Waals surface area (Å²) in [6.45, 7) is 5.55. The molecule has 0 aliphatic heterocycles. The molecule has 2 aromatic carbocycles. The molecular formula is C22H29N5O. The number of benzene rings is 2. The van der Waals surface area contributed by atoms with E-state index in [0.717, 1.165) is 50.2 Å². The molecule has 1 heterocycles. The molecule has 0 aliphatic carbocycles. The van der Waals surface area contributed by atoms with E-state index in [1.54, 1.807) is 4.80 Å². The van der Waals surface area contributed by atoms with Gasteiger partial charge in [0.1, 0.15) is 5.75 Å². The highest BCUT2D eigenvalue weighted by molar-refractivity contribution is 5.52. The van der Waals surface area contributed by atoms with Gasteiger partial charge in [-0.25, -0.2) is 0 Å². The fraction of sp³-hybridized carbons (Fsp3) is 0.409. The lowest BCUT2D eigenvalue weighted by atomic mass is 10.2. The Morgan fingerprint density at radius 2 is 1.75 bits per heavy atom. The molecule has 0 radical (unpaired) electrons. The Hall–Kier alpha value is -2.73. The molecule has 0 fully saturated rings. The Morgan fingerprint density at radius 3 is 2.50 bits per heavy atom. The maximum Gasteiger partial charge on any atom is 0.204 e. The lowest BCUT2D eigenvalue weighted by Gasteiger charge is -2.16. The minimum atomic E-state index is 0.690. The summed E-state index contributed by atoms with van der Waals surface area (Å²) in [5, 5.41) is 12.8. The van der Waals surface area contributed by atoms with Crippen molar-refractivity contribution in [3.8, 4) is 17.1 Å². The summed E-state index contributed by atoms with van der Waals surface area (Å²) in [6, 6.07) is 18.3. The van der Waals surface area contributed by atoms with Crippen LogP contribution < -0.4 is 4.74 Å². The average molecular weight is 380 g/mol. The topological polar surface area (TPSA) is 56.1 Å². The number of rotatable bonds is 11. The first-order valence-electron chi connectivity index (χ1n) is 9.98. The Balaban J connectivity index is 1.33. The van der Waals surface area contributed by atoms with Crippen LogP contribution in [-0.4, -0.2) is 45.3 Å². The minimum absolute atomic E-state index is 0.690. The molecule has 1 aromatic heterocycles. The number of hydrogen-bond donors (Lipinski definition) is 0. The number of hydrogen-bond acceptors (Lipinski definition) is 5. The molecule has 3 rings (SSSR count). The minimum Gasteiger partial charge on any atom is -0.494 e. The summed E-state index contributed by atoms with van der Waals surface area (Å²) in [5.74, 6) is 1.63. The van der Waals surface area contributed by atoms with Crippen molar-refractivity contribution in [1.29, 1.82) is 0 Å². The molecule has 0 bridgehead atoms. The second-order valence-electron chi connectivity index (χ2n) is 6.95. The quantitative estimate of drug-likeness (QED) is 0.471. The summed E-state index contributed by atoms with van der Waals surface area (Å²) in [7, 11) is 2.17. The zero-order valence-corrected chi connectivity index (χ0v) is 16.8. The van der Waals surface area contributed by atoms with Gasteiger partial charge in [0.2, 0.25) is 5.82 Å². The largest absolute Gasteiger partial charge is 0.494 e. The molecule has 6 heteroatoms. The molecule has 3 aromatic rings. The van der Waals surface area contributed by atoms with E-state index in [4.69, 9.17) is 4.74 Å². The summed E-state index contributed by atoms with van der Waals surface area (Å²) < 4.78 is 5.49. The molecule has 28 heavy (non-hydrogen) atoms. The maximum atomic E-state index is 5.49. The van der Waals surface area contributed by atoms with Gasteiger partial charge in [0.05, 0.1) is 13.2 Å². The van der Waals surface area contributed by atoms with E-state index >= 15 is 0 Å². The van der Waals surface area contributed by atoms with Crippen LogP contribution in [0.4, 0.5) is 0 Å². The molecule has 0 N–H and O–H groups in total. The predicted molar refractivity (Wildman–Crippen MR) is 111 cm³/mol. The van der Waals surface area contributed by atoms with Gasteiger partial charge in [-0.1, -0.05) is 48.9 Å². The molecule has 0 saturated heterocycles. The van der Waals surface area contributed by atoms with Crippen molar-refractivity contribution in [2.45, 2.75) is 39.3 Å². The zero-order valence-electron chi connectivity index (χ0n) is 16.8. The zero-order chi connectivity index (χ0) is 19.6. The van der Waals surface area contributed by atoms with E-state index in [1.807, 2.05) is 49.4 Å². The monoisotopic (exact) mass is 379 g/mol. The molecule has 0 unspecified atom stereocenters. The first kappa shape index (κ1) is 20.0. The second-order valence-corrected chi connectivity index (χ2v) is 6.95. The van der Waals surface area contributed by atoms with Crippen LogP contribution in [-0.2, 0) is 13.1 Å². The van der Waals surface area contributed by atoms with Gasteiger partial charge in [0, 0.05) is 12.1 Å². The number of tetrazole rings is 1. The van der Waals surface area contributed by atoms with E-state index in [9.17, 15) is 0 Å². The molecule has 0 saturated carbocycles.